The van der Waals surface area contributed by atoms with Crippen LogP contribution in [0.15, 0.2) is 4.99 Å². The molecule has 2 fully saturated rings. The minimum absolute atomic E-state index is 0.478. The second kappa shape index (κ2) is 7.32. The molecule has 2 N–H and O–H groups in total. The van der Waals surface area contributed by atoms with E-state index < -0.39 is 0 Å². The van der Waals surface area contributed by atoms with E-state index in [-0.39, 0.29) is 0 Å². The molecule has 2 aliphatic heterocycles. The van der Waals surface area contributed by atoms with Gasteiger partial charge in [-0.05, 0) is 38.5 Å². The summed E-state index contributed by atoms with van der Waals surface area (Å²) in [6, 6.07) is 1.32. The molecule has 3 aliphatic rings. The largest absolute Gasteiger partial charge is 0.357 e. The summed E-state index contributed by atoms with van der Waals surface area (Å²) in [6.45, 7) is 9.30. The van der Waals surface area contributed by atoms with E-state index in [0.29, 0.717) is 18.5 Å². The molecule has 3 heterocycles. The van der Waals surface area contributed by atoms with Crippen molar-refractivity contribution in [2.45, 2.75) is 71.1 Å². The lowest BCUT2D eigenvalue weighted by Crippen LogP contribution is -2.46. The topological polar surface area (TPSA) is 70.4 Å². The summed E-state index contributed by atoms with van der Waals surface area (Å²) >= 11 is 0. The molecule has 0 bridgehead atoms. The van der Waals surface area contributed by atoms with Crippen molar-refractivity contribution < 1.29 is 0 Å². The number of aliphatic imine (C=N–C) groups is 1. The van der Waals surface area contributed by atoms with Gasteiger partial charge in [0.2, 0.25) is 0 Å². The third kappa shape index (κ3) is 3.81. The third-order valence-corrected chi connectivity index (χ3v) is 5.68. The second-order valence-corrected chi connectivity index (χ2v) is 7.75. The molecule has 1 aromatic heterocycles. The number of likely N-dealkylation sites (tertiary alicyclic amines) is 1. The fourth-order valence-electron chi connectivity index (χ4n) is 4.06. The number of nitrogens with one attached hydrogen (secondary N) is 2. The van der Waals surface area contributed by atoms with Crippen LogP contribution in [0.1, 0.15) is 51.2 Å². The zero-order chi connectivity index (χ0) is 17.2. The number of guanidine groups is 1. The van der Waals surface area contributed by atoms with E-state index in [0.717, 1.165) is 49.7 Å². The van der Waals surface area contributed by atoms with Crippen LogP contribution in [0.3, 0.4) is 0 Å². The van der Waals surface area contributed by atoms with Gasteiger partial charge in [0.1, 0.15) is 12.4 Å². The second-order valence-electron chi connectivity index (χ2n) is 7.75. The monoisotopic (exact) mass is 345 g/mol. The fourth-order valence-corrected chi connectivity index (χ4v) is 4.06. The van der Waals surface area contributed by atoms with E-state index in [2.05, 4.69) is 44.1 Å². The number of hydrogen-bond donors (Lipinski definition) is 2. The van der Waals surface area contributed by atoms with Gasteiger partial charge < -0.3 is 15.2 Å². The van der Waals surface area contributed by atoms with Crippen molar-refractivity contribution in [3.05, 3.63) is 11.6 Å². The summed E-state index contributed by atoms with van der Waals surface area (Å²) in [5.74, 6) is 3.68. The van der Waals surface area contributed by atoms with E-state index in [4.69, 9.17) is 4.99 Å². The number of aromatic nitrogens is 3. The Morgan fingerprint density at radius 2 is 2.12 bits per heavy atom. The number of aryl methyl sites for hydroxylation is 1. The van der Waals surface area contributed by atoms with Crippen LogP contribution in [0, 0.1) is 5.92 Å². The third-order valence-electron chi connectivity index (χ3n) is 5.68. The van der Waals surface area contributed by atoms with Crippen LogP contribution in [-0.2, 0) is 19.5 Å². The van der Waals surface area contributed by atoms with Crippen LogP contribution in [-0.4, -0.2) is 57.3 Å². The molecule has 2 atom stereocenters. The van der Waals surface area contributed by atoms with E-state index in [1.807, 2.05) is 0 Å². The van der Waals surface area contributed by atoms with Gasteiger partial charge in [0.05, 0.1) is 0 Å². The summed E-state index contributed by atoms with van der Waals surface area (Å²) < 4.78 is 2.25. The Kier molecular flexibility index (Phi) is 4.92. The highest BCUT2D eigenvalue weighted by Crippen LogP contribution is 2.31. The molecule has 0 amide bonds. The molecular weight excluding hydrogens is 314 g/mol. The molecule has 0 aromatic carbocycles. The Labute approximate surface area is 150 Å². The SMILES string of the molecule is CCNC(=NCc1nnc2n1CCCC2)NC1CN(C2CC2)CC1C. The van der Waals surface area contributed by atoms with Gasteiger partial charge in [-0.1, -0.05) is 6.92 Å². The predicted molar refractivity (Wildman–Crippen MR) is 98.5 cm³/mol. The van der Waals surface area contributed by atoms with Crippen LogP contribution in [0.25, 0.3) is 0 Å². The van der Waals surface area contributed by atoms with Gasteiger partial charge in [-0.25, -0.2) is 4.99 Å². The lowest BCUT2D eigenvalue weighted by molar-refractivity contribution is 0.315. The highest BCUT2D eigenvalue weighted by molar-refractivity contribution is 5.80. The quantitative estimate of drug-likeness (QED) is 0.619. The van der Waals surface area contributed by atoms with Crippen molar-refractivity contribution in [1.29, 1.82) is 0 Å². The first kappa shape index (κ1) is 16.8. The highest BCUT2D eigenvalue weighted by atomic mass is 15.3. The minimum atomic E-state index is 0.478. The standard InChI is InChI=1S/C18H31N7/c1-3-19-18(21-15-12-24(11-13(15)2)14-7-8-14)20-10-17-23-22-16-6-4-5-9-25(16)17/h13-15H,3-12H2,1-2H3,(H2,19,20,21). The first-order chi connectivity index (χ1) is 12.2. The zero-order valence-electron chi connectivity index (χ0n) is 15.5. The lowest BCUT2D eigenvalue weighted by atomic mass is 10.1. The molecule has 0 radical (unpaired) electrons. The Bertz CT molecular complexity index is 619. The van der Waals surface area contributed by atoms with Crippen molar-refractivity contribution >= 4 is 5.96 Å². The molecule has 25 heavy (non-hydrogen) atoms. The molecule has 2 unspecified atom stereocenters. The zero-order valence-corrected chi connectivity index (χ0v) is 15.5. The molecule has 0 spiro atoms. The maximum Gasteiger partial charge on any atom is 0.191 e. The maximum absolute atomic E-state index is 4.80. The van der Waals surface area contributed by atoms with Gasteiger partial charge in [0.15, 0.2) is 11.8 Å². The smallest absolute Gasteiger partial charge is 0.191 e. The molecule has 7 nitrogen and oxygen atoms in total. The number of hydrogen-bond acceptors (Lipinski definition) is 4. The van der Waals surface area contributed by atoms with E-state index >= 15 is 0 Å². The Morgan fingerprint density at radius 1 is 1.24 bits per heavy atom. The number of fused-ring (bicyclic) bond motifs is 1. The van der Waals surface area contributed by atoms with Crippen molar-refractivity contribution in [1.82, 2.24) is 30.3 Å². The summed E-state index contributed by atoms with van der Waals surface area (Å²) in [5.41, 5.74) is 0. The molecule has 138 valence electrons. The number of nitrogens with zero attached hydrogens (tertiary/aromatic N) is 5. The van der Waals surface area contributed by atoms with Gasteiger partial charge in [-0.15, -0.1) is 10.2 Å². The van der Waals surface area contributed by atoms with Crippen molar-refractivity contribution in [3.8, 4) is 0 Å². The molecule has 1 saturated carbocycles. The first-order valence-electron chi connectivity index (χ1n) is 9.94. The molecule has 1 aromatic rings. The Hall–Kier alpha value is -1.63. The van der Waals surface area contributed by atoms with Crippen molar-refractivity contribution in [2.24, 2.45) is 10.9 Å². The average molecular weight is 345 g/mol. The molecule has 7 heteroatoms. The highest BCUT2D eigenvalue weighted by Gasteiger charge is 2.38. The van der Waals surface area contributed by atoms with Crippen LogP contribution >= 0.6 is 0 Å². The molecule has 1 aliphatic carbocycles. The molecule has 1 saturated heterocycles. The van der Waals surface area contributed by atoms with E-state index in [1.165, 1.54) is 32.2 Å². The van der Waals surface area contributed by atoms with Crippen LogP contribution in [0.2, 0.25) is 0 Å². The Balaban J connectivity index is 1.40. The normalized spacial score (nSPS) is 27.4. The van der Waals surface area contributed by atoms with E-state index in [1.54, 1.807) is 0 Å². The van der Waals surface area contributed by atoms with E-state index in [9.17, 15) is 0 Å². The van der Waals surface area contributed by atoms with Gasteiger partial charge in [-0.3, -0.25) is 4.90 Å². The summed E-state index contributed by atoms with van der Waals surface area (Å²) in [6.07, 6.45) is 6.25. The summed E-state index contributed by atoms with van der Waals surface area (Å²) in [7, 11) is 0. The molecule has 4 rings (SSSR count). The number of rotatable bonds is 5. The van der Waals surface area contributed by atoms with Gasteiger partial charge in [-0.2, -0.15) is 0 Å². The maximum atomic E-state index is 4.80. The van der Waals surface area contributed by atoms with Crippen LogP contribution < -0.4 is 10.6 Å². The van der Waals surface area contributed by atoms with Crippen molar-refractivity contribution in [3.63, 3.8) is 0 Å². The lowest BCUT2D eigenvalue weighted by Gasteiger charge is -2.20. The minimum Gasteiger partial charge on any atom is -0.357 e. The van der Waals surface area contributed by atoms with Crippen LogP contribution in [0.5, 0.6) is 0 Å². The van der Waals surface area contributed by atoms with Gasteiger partial charge >= 0.3 is 0 Å². The van der Waals surface area contributed by atoms with Gasteiger partial charge in [0.25, 0.3) is 0 Å². The van der Waals surface area contributed by atoms with Crippen LogP contribution in [0.4, 0.5) is 0 Å². The first-order valence-corrected chi connectivity index (χ1v) is 9.94. The predicted octanol–water partition coefficient (Wildman–Crippen LogP) is 1.15. The fraction of sp³-hybridized carbons (Fsp3) is 0.833. The summed E-state index contributed by atoms with van der Waals surface area (Å²) in [4.78, 5) is 7.44. The van der Waals surface area contributed by atoms with Crippen molar-refractivity contribution in [2.75, 3.05) is 19.6 Å². The molecular formula is C18H31N7. The average Bonchev–Trinajstić information content (AvgIpc) is 3.29. The Morgan fingerprint density at radius 3 is 2.92 bits per heavy atom. The van der Waals surface area contributed by atoms with Gasteiger partial charge in [0, 0.05) is 44.7 Å². The summed E-state index contributed by atoms with van der Waals surface area (Å²) in [5, 5.41) is 15.7.